The van der Waals surface area contributed by atoms with Gasteiger partial charge in [-0.3, -0.25) is 0 Å². The van der Waals surface area contributed by atoms with E-state index in [2.05, 4.69) is 6.92 Å². The lowest BCUT2D eigenvalue weighted by atomic mass is 9.69. The van der Waals surface area contributed by atoms with Gasteiger partial charge in [0.2, 0.25) is 0 Å². The van der Waals surface area contributed by atoms with Crippen molar-refractivity contribution in [2.24, 2.45) is 29.6 Å². The van der Waals surface area contributed by atoms with Crippen LogP contribution in [0.15, 0.2) is 0 Å². The number of aliphatic hydroxyl groups is 1. The van der Waals surface area contributed by atoms with Crippen LogP contribution in [0.25, 0.3) is 0 Å². The number of rotatable bonds is 8. The summed E-state index contributed by atoms with van der Waals surface area (Å²) in [5, 5.41) is 9.73. The van der Waals surface area contributed by atoms with Crippen LogP contribution < -0.4 is 0 Å². The molecule has 0 aromatic carbocycles. The molecule has 0 spiro atoms. The molecule has 3 rings (SSSR count). The fraction of sp³-hybridized carbons (Fsp3) is 1.00. The SMILES string of the molecule is CCCCCC1CCC(CCC2CCC(C3CCC(O)CC3)CC2)CC1. The predicted octanol–water partition coefficient (Wildman–Crippen LogP) is 7.51. The molecule has 0 heterocycles. The highest BCUT2D eigenvalue weighted by Crippen LogP contribution is 2.42. The van der Waals surface area contributed by atoms with Gasteiger partial charge in [-0.15, -0.1) is 0 Å². The monoisotopic (exact) mass is 362 g/mol. The summed E-state index contributed by atoms with van der Waals surface area (Å²) in [5.41, 5.74) is 0. The molecule has 3 aliphatic carbocycles. The lowest BCUT2D eigenvalue weighted by Gasteiger charge is -2.37. The summed E-state index contributed by atoms with van der Waals surface area (Å²) in [5.74, 6) is 5.12. The van der Waals surface area contributed by atoms with Gasteiger partial charge in [-0.1, -0.05) is 84.0 Å². The molecule has 1 heteroatoms. The van der Waals surface area contributed by atoms with Crippen molar-refractivity contribution in [1.82, 2.24) is 0 Å². The summed E-state index contributed by atoms with van der Waals surface area (Å²) < 4.78 is 0. The van der Waals surface area contributed by atoms with Crippen molar-refractivity contribution in [2.45, 2.75) is 129 Å². The maximum atomic E-state index is 9.73. The first kappa shape index (κ1) is 20.7. The molecule has 0 saturated heterocycles. The molecule has 1 nitrogen and oxygen atoms in total. The average Bonchev–Trinajstić information content (AvgIpc) is 2.69. The molecular weight excluding hydrogens is 316 g/mol. The van der Waals surface area contributed by atoms with Crippen molar-refractivity contribution in [2.75, 3.05) is 0 Å². The van der Waals surface area contributed by atoms with Gasteiger partial charge in [0.25, 0.3) is 0 Å². The van der Waals surface area contributed by atoms with Gasteiger partial charge >= 0.3 is 0 Å². The number of unbranched alkanes of at least 4 members (excludes halogenated alkanes) is 2. The molecule has 0 bridgehead atoms. The minimum atomic E-state index is 0.0179. The van der Waals surface area contributed by atoms with E-state index in [1.54, 1.807) is 0 Å². The second-order valence-electron chi connectivity index (χ2n) is 10.3. The zero-order chi connectivity index (χ0) is 18.2. The van der Waals surface area contributed by atoms with Crippen LogP contribution in [0.2, 0.25) is 0 Å². The van der Waals surface area contributed by atoms with E-state index < -0.39 is 0 Å². The van der Waals surface area contributed by atoms with Gasteiger partial charge in [-0.05, 0) is 68.1 Å². The molecule has 0 aromatic heterocycles. The Bertz CT molecular complexity index is 354. The molecule has 3 saturated carbocycles. The van der Waals surface area contributed by atoms with Crippen LogP contribution in [0.4, 0.5) is 0 Å². The van der Waals surface area contributed by atoms with E-state index in [1.165, 1.54) is 103 Å². The van der Waals surface area contributed by atoms with Crippen LogP contribution >= 0.6 is 0 Å². The van der Waals surface area contributed by atoms with Crippen LogP contribution in [0, 0.1) is 29.6 Å². The third-order valence-corrected chi connectivity index (χ3v) is 8.46. The third kappa shape index (κ3) is 6.54. The first-order chi connectivity index (χ1) is 12.7. The summed E-state index contributed by atoms with van der Waals surface area (Å²) in [4.78, 5) is 0. The van der Waals surface area contributed by atoms with Crippen LogP contribution in [0.5, 0.6) is 0 Å². The van der Waals surface area contributed by atoms with Crippen molar-refractivity contribution < 1.29 is 5.11 Å². The Hall–Kier alpha value is -0.0400. The molecule has 0 atom stereocenters. The van der Waals surface area contributed by atoms with Crippen molar-refractivity contribution >= 4 is 0 Å². The summed E-state index contributed by atoms with van der Waals surface area (Å²) in [6, 6.07) is 0. The van der Waals surface area contributed by atoms with Gasteiger partial charge in [-0.25, -0.2) is 0 Å². The number of hydrogen-bond acceptors (Lipinski definition) is 1. The van der Waals surface area contributed by atoms with Crippen molar-refractivity contribution in [1.29, 1.82) is 0 Å². The van der Waals surface area contributed by atoms with Crippen molar-refractivity contribution in [3.05, 3.63) is 0 Å². The quantitative estimate of drug-likeness (QED) is 0.443. The van der Waals surface area contributed by atoms with Crippen LogP contribution in [0.3, 0.4) is 0 Å². The third-order valence-electron chi connectivity index (χ3n) is 8.46. The lowest BCUT2D eigenvalue weighted by molar-refractivity contribution is 0.0757. The standard InChI is InChI=1S/C25H46O/c1-2-3-4-5-20-6-8-21(9-7-20)10-11-22-12-14-23(15-13-22)24-16-18-25(26)19-17-24/h20-26H,2-19H2,1H3. The zero-order valence-electron chi connectivity index (χ0n) is 17.6. The molecule has 0 unspecified atom stereocenters. The molecule has 0 aromatic rings. The Labute approximate surface area is 163 Å². The van der Waals surface area contributed by atoms with Gasteiger partial charge in [-0.2, -0.15) is 0 Å². The van der Waals surface area contributed by atoms with E-state index in [9.17, 15) is 5.11 Å². The van der Waals surface area contributed by atoms with Gasteiger partial charge in [0.15, 0.2) is 0 Å². The molecule has 3 fully saturated rings. The molecule has 26 heavy (non-hydrogen) atoms. The topological polar surface area (TPSA) is 20.2 Å². The predicted molar refractivity (Wildman–Crippen MR) is 112 cm³/mol. The van der Waals surface area contributed by atoms with Crippen molar-refractivity contribution in [3.8, 4) is 0 Å². The zero-order valence-corrected chi connectivity index (χ0v) is 17.6. The van der Waals surface area contributed by atoms with Crippen LogP contribution in [-0.4, -0.2) is 11.2 Å². The van der Waals surface area contributed by atoms with E-state index in [0.717, 1.165) is 42.4 Å². The Morgan fingerprint density at radius 2 is 0.962 bits per heavy atom. The Balaban J connectivity index is 1.25. The van der Waals surface area contributed by atoms with E-state index in [4.69, 9.17) is 0 Å². The largest absolute Gasteiger partial charge is 0.393 e. The second kappa shape index (κ2) is 11.1. The highest BCUT2D eigenvalue weighted by atomic mass is 16.3. The molecule has 1 N–H and O–H groups in total. The normalized spacial score (nSPS) is 39.0. The van der Waals surface area contributed by atoms with Crippen LogP contribution in [-0.2, 0) is 0 Å². The molecule has 0 radical (unpaired) electrons. The molecular formula is C25H46O. The fourth-order valence-electron chi connectivity index (χ4n) is 6.48. The second-order valence-corrected chi connectivity index (χ2v) is 10.3. The Morgan fingerprint density at radius 1 is 0.538 bits per heavy atom. The van der Waals surface area contributed by atoms with E-state index >= 15 is 0 Å². The minimum Gasteiger partial charge on any atom is -0.393 e. The van der Waals surface area contributed by atoms with E-state index in [0.29, 0.717) is 0 Å². The van der Waals surface area contributed by atoms with Gasteiger partial charge < -0.3 is 5.11 Å². The van der Waals surface area contributed by atoms with Crippen LogP contribution in [0.1, 0.15) is 122 Å². The molecule has 0 amide bonds. The molecule has 3 aliphatic rings. The fourth-order valence-corrected chi connectivity index (χ4v) is 6.48. The highest BCUT2D eigenvalue weighted by molar-refractivity contribution is 4.82. The van der Waals surface area contributed by atoms with Gasteiger partial charge in [0.05, 0.1) is 6.10 Å². The number of aliphatic hydroxyl groups excluding tert-OH is 1. The molecule has 0 aliphatic heterocycles. The average molecular weight is 363 g/mol. The minimum absolute atomic E-state index is 0.0179. The van der Waals surface area contributed by atoms with E-state index in [-0.39, 0.29) is 6.10 Å². The van der Waals surface area contributed by atoms with Gasteiger partial charge in [0.1, 0.15) is 0 Å². The summed E-state index contributed by atoms with van der Waals surface area (Å²) in [6.07, 6.45) is 25.8. The first-order valence-corrected chi connectivity index (χ1v) is 12.4. The first-order valence-electron chi connectivity index (χ1n) is 12.4. The van der Waals surface area contributed by atoms with Crippen molar-refractivity contribution in [3.63, 3.8) is 0 Å². The Morgan fingerprint density at radius 3 is 1.46 bits per heavy atom. The smallest absolute Gasteiger partial charge is 0.0540 e. The summed E-state index contributed by atoms with van der Waals surface area (Å²) in [6.45, 7) is 2.32. The highest BCUT2D eigenvalue weighted by Gasteiger charge is 2.30. The summed E-state index contributed by atoms with van der Waals surface area (Å²) in [7, 11) is 0. The number of hydrogen-bond donors (Lipinski definition) is 1. The maximum Gasteiger partial charge on any atom is 0.0540 e. The van der Waals surface area contributed by atoms with E-state index in [1.807, 2.05) is 0 Å². The maximum absolute atomic E-state index is 9.73. The van der Waals surface area contributed by atoms with Gasteiger partial charge in [0, 0.05) is 0 Å². The lowest BCUT2D eigenvalue weighted by Crippen LogP contribution is -2.27. The Kier molecular flexibility index (Phi) is 8.82. The molecule has 152 valence electrons. The summed E-state index contributed by atoms with van der Waals surface area (Å²) >= 11 is 0.